The monoisotopic (exact) mass is 300 g/mol. The Morgan fingerprint density at radius 2 is 1.59 bits per heavy atom. The molecule has 0 aliphatic rings. The summed E-state index contributed by atoms with van der Waals surface area (Å²) in [5.74, 6) is -0.650. The second-order valence-electron chi connectivity index (χ2n) is 6.01. The lowest BCUT2D eigenvalue weighted by Crippen LogP contribution is -2.39. The minimum atomic E-state index is -1.64. The van der Waals surface area contributed by atoms with Crippen molar-refractivity contribution >= 4 is 5.97 Å². The summed E-state index contributed by atoms with van der Waals surface area (Å²) >= 11 is 0. The van der Waals surface area contributed by atoms with Crippen molar-refractivity contribution in [1.29, 1.82) is 0 Å². The van der Waals surface area contributed by atoms with Gasteiger partial charge in [0.05, 0.1) is 0 Å². The van der Waals surface area contributed by atoms with E-state index in [9.17, 15) is 14.3 Å². The van der Waals surface area contributed by atoms with Gasteiger partial charge in [0.15, 0.2) is 0 Å². The van der Waals surface area contributed by atoms with Gasteiger partial charge in [-0.2, -0.15) is 0 Å². The summed E-state index contributed by atoms with van der Waals surface area (Å²) in [6.45, 7) is 3.28. The van der Waals surface area contributed by atoms with Gasteiger partial charge < -0.3 is 5.11 Å². The van der Waals surface area contributed by atoms with Gasteiger partial charge in [0.1, 0.15) is 12.1 Å². The molecule has 2 nitrogen and oxygen atoms in total. The molecule has 2 aromatic carbocycles. The molecule has 0 aromatic heterocycles. The predicted octanol–water partition coefficient (Wildman–Crippen LogP) is 4.23. The van der Waals surface area contributed by atoms with Crippen LogP contribution in [0.15, 0.2) is 54.6 Å². The van der Waals surface area contributed by atoms with E-state index in [4.69, 9.17) is 0 Å². The summed E-state index contributed by atoms with van der Waals surface area (Å²) in [5.41, 5.74) is 0.422. The molecule has 0 aliphatic heterocycles. The Bertz CT molecular complexity index is 620. The minimum absolute atomic E-state index is 0.460. The van der Waals surface area contributed by atoms with Crippen LogP contribution in [-0.2, 0) is 16.6 Å². The van der Waals surface area contributed by atoms with E-state index in [-0.39, 0.29) is 0 Å². The first-order valence-electron chi connectivity index (χ1n) is 7.45. The average Bonchev–Trinajstić information content (AvgIpc) is 2.50. The number of benzene rings is 2. The maximum atomic E-state index is 13.9. The lowest BCUT2D eigenvalue weighted by Gasteiger charge is -2.27. The standard InChI is InChI=1S/C19H21FO2/c1-14(2)12-15-8-10-17(11-9-15)19(13-20,18(21)22)16-6-4-3-5-7-16/h3-11,14H,12-13H2,1-2H3,(H,21,22)/t19-/m0/s1. The summed E-state index contributed by atoms with van der Waals surface area (Å²) in [5, 5.41) is 9.71. The Kier molecular flexibility index (Phi) is 4.96. The molecule has 0 spiro atoms. The van der Waals surface area contributed by atoms with Gasteiger partial charge in [0.2, 0.25) is 0 Å². The van der Waals surface area contributed by atoms with Crippen LogP contribution in [0.25, 0.3) is 0 Å². The molecule has 0 amide bonds. The van der Waals surface area contributed by atoms with Gasteiger partial charge in [-0.25, -0.2) is 4.39 Å². The van der Waals surface area contributed by atoms with Crippen molar-refractivity contribution in [2.45, 2.75) is 25.7 Å². The number of hydrogen-bond donors (Lipinski definition) is 1. The molecule has 2 aromatic rings. The lowest BCUT2D eigenvalue weighted by atomic mass is 9.75. The number of halogens is 1. The minimum Gasteiger partial charge on any atom is -0.480 e. The third-order valence-corrected chi connectivity index (χ3v) is 3.92. The zero-order valence-electron chi connectivity index (χ0n) is 12.9. The van der Waals surface area contributed by atoms with Crippen molar-refractivity contribution in [1.82, 2.24) is 0 Å². The second-order valence-corrected chi connectivity index (χ2v) is 6.01. The summed E-state index contributed by atoms with van der Waals surface area (Å²) in [6, 6.07) is 15.8. The van der Waals surface area contributed by atoms with E-state index in [1.807, 2.05) is 12.1 Å². The molecule has 0 radical (unpaired) electrons. The summed E-state index contributed by atoms with van der Waals surface area (Å²) in [7, 11) is 0. The molecule has 0 bridgehead atoms. The van der Waals surface area contributed by atoms with Crippen LogP contribution in [0.2, 0.25) is 0 Å². The van der Waals surface area contributed by atoms with Crippen LogP contribution in [0.5, 0.6) is 0 Å². The van der Waals surface area contributed by atoms with Gasteiger partial charge in [-0.05, 0) is 29.0 Å². The molecule has 0 saturated carbocycles. The van der Waals surface area contributed by atoms with Crippen molar-refractivity contribution < 1.29 is 14.3 Å². The molecule has 22 heavy (non-hydrogen) atoms. The molecule has 0 heterocycles. The zero-order valence-corrected chi connectivity index (χ0v) is 12.9. The van der Waals surface area contributed by atoms with Crippen LogP contribution >= 0.6 is 0 Å². The Hall–Kier alpha value is -2.16. The molecule has 0 fully saturated rings. The number of carboxylic acids is 1. The first kappa shape index (κ1) is 16.2. The number of carbonyl (C=O) groups is 1. The van der Waals surface area contributed by atoms with E-state index < -0.39 is 18.1 Å². The van der Waals surface area contributed by atoms with Gasteiger partial charge in [-0.15, -0.1) is 0 Å². The van der Waals surface area contributed by atoms with E-state index in [2.05, 4.69) is 13.8 Å². The molecular weight excluding hydrogens is 279 g/mol. The number of carboxylic acid groups (broad SMARTS) is 1. The van der Waals surface area contributed by atoms with Crippen molar-refractivity contribution in [3.63, 3.8) is 0 Å². The molecule has 0 aliphatic carbocycles. The van der Waals surface area contributed by atoms with E-state index in [0.717, 1.165) is 12.0 Å². The van der Waals surface area contributed by atoms with Crippen molar-refractivity contribution in [2.75, 3.05) is 6.67 Å². The SMILES string of the molecule is CC(C)Cc1ccc([C@@](CF)(C(=O)O)c2ccccc2)cc1. The van der Waals surface area contributed by atoms with Crippen molar-refractivity contribution in [3.05, 3.63) is 71.3 Å². The molecule has 0 saturated heterocycles. The van der Waals surface area contributed by atoms with Gasteiger partial charge in [0.25, 0.3) is 0 Å². The van der Waals surface area contributed by atoms with Crippen LogP contribution in [0.1, 0.15) is 30.5 Å². The molecular formula is C19H21FO2. The molecule has 3 heteroatoms. The Labute approximate surface area is 130 Å². The zero-order chi connectivity index (χ0) is 16.2. The van der Waals surface area contributed by atoms with Gasteiger partial charge in [-0.1, -0.05) is 68.4 Å². The number of alkyl halides is 1. The van der Waals surface area contributed by atoms with Crippen LogP contribution in [0.4, 0.5) is 4.39 Å². The molecule has 2 rings (SSSR count). The maximum Gasteiger partial charge on any atom is 0.321 e. The van der Waals surface area contributed by atoms with Crippen molar-refractivity contribution in [2.24, 2.45) is 5.92 Å². The number of hydrogen-bond acceptors (Lipinski definition) is 1. The first-order chi connectivity index (χ1) is 10.5. The van der Waals surface area contributed by atoms with E-state index in [1.54, 1.807) is 42.5 Å². The lowest BCUT2D eigenvalue weighted by molar-refractivity contribution is -0.142. The van der Waals surface area contributed by atoms with Gasteiger partial charge in [-0.3, -0.25) is 4.79 Å². The van der Waals surface area contributed by atoms with Gasteiger partial charge >= 0.3 is 5.97 Å². The average molecular weight is 300 g/mol. The maximum absolute atomic E-state index is 13.9. The Morgan fingerprint density at radius 3 is 2.05 bits per heavy atom. The fourth-order valence-electron chi connectivity index (χ4n) is 2.74. The highest BCUT2D eigenvalue weighted by atomic mass is 19.1. The predicted molar refractivity (Wildman–Crippen MR) is 85.8 cm³/mol. The quantitative estimate of drug-likeness (QED) is 0.867. The van der Waals surface area contributed by atoms with E-state index >= 15 is 0 Å². The topological polar surface area (TPSA) is 37.3 Å². The normalized spacial score (nSPS) is 13.8. The van der Waals surface area contributed by atoms with E-state index in [0.29, 0.717) is 17.0 Å². The third kappa shape index (κ3) is 3.03. The van der Waals surface area contributed by atoms with Crippen molar-refractivity contribution in [3.8, 4) is 0 Å². The fraction of sp³-hybridized carbons (Fsp3) is 0.316. The molecule has 0 unspecified atom stereocenters. The molecule has 1 atom stereocenters. The Morgan fingerprint density at radius 1 is 1.05 bits per heavy atom. The van der Waals surface area contributed by atoms with Crippen LogP contribution < -0.4 is 0 Å². The second kappa shape index (κ2) is 6.73. The number of aliphatic carboxylic acids is 1. The highest BCUT2D eigenvalue weighted by Crippen LogP contribution is 2.33. The Balaban J connectivity index is 2.49. The smallest absolute Gasteiger partial charge is 0.321 e. The first-order valence-corrected chi connectivity index (χ1v) is 7.45. The summed E-state index contributed by atoms with van der Waals surface area (Å²) in [6.07, 6.45) is 0.918. The number of rotatable bonds is 6. The third-order valence-electron chi connectivity index (χ3n) is 3.92. The highest BCUT2D eigenvalue weighted by Gasteiger charge is 2.42. The fourth-order valence-corrected chi connectivity index (χ4v) is 2.74. The molecule has 116 valence electrons. The van der Waals surface area contributed by atoms with Gasteiger partial charge in [0, 0.05) is 0 Å². The van der Waals surface area contributed by atoms with Crippen LogP contribution in [0, 0.1) is 5.92 Å². The highest BCUT2D eigenvalue weighted by molar-refractivity contribution is 5.86. The largest absolute Gasteiger partial charge is 0.480 e. The summed E-state index contributed by atoms with van der Waals surface area (Å²) < 4.78 is 13.9. The summed E-state index contributed by atoms with van der Waals surface area (Å²) in [4.78, 5) is 11.9. The van der Waals surface area contributed by atoms with Crippen LogP contribution in [0.3, 0.4) is 0 Å². The molecule has 1 N–H and O–H groups in total. The van der Waals surface area contributed by atoms with Crippen LogP contribution in [-0.4, -0.2) is 17.8 Å². The van der Waals surface area contributed by atoms with E-state index in [1.165, 1.54) is 0 Å².